The lowest BCUT2D eigenvalue weighted by Crippen LogP contribution is -2.28. The third-order valence-corrected chi connectivity index (χ3v) is 1.56. The van der Waals surface area contributed by atoms with Crippen molar-refractivity contribution in [3.63, 3.8) is 0 Å². The molecular weight excluding hydrogens is 132 g/mol. The summed E-state index contributed by atoms with van der Waals surface area (Å²) in [4.78, 5) is 0. The molecule has 0 amide bonds. The molecule has 0 saturated carbocycles. The smallest absolute Gasteiger partial charge is 0.0289 e. The number of hydrazine groups is 1. The predicted octanol–water partition coefficient (Wildman–Crippen LogP) is 1.28. The Morgan fingerprint density at radius 2 is 2.44 bits per heavy atom. The highest BCUT2D eigenvalue weighted by Crippen LogP contribution is 1.99. The Morgan fingerprint density at radius 3 is 2.89 bits per heavy atom. The molecule has 54 valence electrons. The first kappa shape index (κ1) is 9.01. The molecule has 0 fully saturated rings. The molecule has 1 N–H and O–H groups in total. The van der Waals surface area contributed by atoms with E-state index in [0.29, 0.717) is 0 Å². The number of nitrogens with one attached hydrogen (secondary N) is 1. The van der Waals surface area contributed by atoms with Crippen LogP contribution in [0.5, 0.6) is 0 Å². The summed E-state index contributed by atoms with van der Waals surface area (Å²) < 4.78 is 1.99. The molecule has 2 nitrogen and oxygen atoms in total. The highest BCUT2D eigenvalue weighted by molar-refractivity contribution is 7.96. The molecule has 0 spiro atoms. The molecule has 3 heteroatoms. The molecule has 0 aliphatic rings. The fourth-order valence-electron chi connectivity index (χ4n) is 0.432. The van der Waals surface area contributed by atoms with Gasteiger partial charge in [0.15, 0.2) is 0 Å². The van der Waals surface area contributed by atoms with E-state index < -0.39 is 0 Å². The summed E-state index contributed by atoms with van der Waals surface area (Å²) in [6.45, 7) is 6.55. The van der Waals surface area contributed by atoms with Gasteiger partial charge in [-0.25, -0.2) is 5.43 Å². The van der Waals surface area contributed by atoms with E-state index in [-0.39, 0.29) is 0 Å². The molecule has 0 rings (SSSR count). The van der Waals surface area contributed by atoms with Crippen LogP contribution in [0.2, 0.25) is 0 Å². The first-order valence-corrected chi connectivity index (χ1v) is 3.96. The van der Waals surface area contributed by atoms with Gasteiger partial charge in [0, 0.05) is 19.3 Å². The van der Waals surface area contributed by atoms with E-state index in [9.17, 15) is 0 Å². The Labute approximate surface area is 61.4 Å². The molecule has 0 aromatic carbocycles. The summed E-state index contributed by atoms with van der Waals surface area (Å²) >= 11 is 1.75. The van der Waals surface area contributed by atoms with Crippen molar-refractivity contribution in [2.75, 3.05) is 19.3 Å². The van der Waals surface area contributed by atoms with E-state index in [1.807, 2.05) is 17.5 Å². The van der Waals surface area contributed by atoms with Gasteiger partial charge in [0.2, 0.25) is 0 Å². The van der Waals surface area contributed by atoms with Crippen LogP contribution in [0.3, 0.4) is 0 Å². The minimum absolute atomic E-state index is 0.837. The standard InChI is InChI=1S/C6H14N2S/c1-4-6-7-8(3)9-5-2/h4,7H,1,5-6H2,2-3H3. The molecular formula is C6H14N2S. The maximum atomic E-state index is 3.59. The normalized spacial score (nSPS) is 10.1. The molecule has 9 heavy (non-hydrogen) atoms. The number of rotatable bonds is 5. The largest absolute Gasteiger partial charge is 0.242 e. The van der Waals surface area contributed by atoms with Gasteiger partial charge in [0.05, 0.1) is 0 Å². The highest BCUT2D eigenvalue weighted by Gasteiger charge is 1.90. The lowest BCUT2D eigenvalue weighted by Gasteiger charge is -2.13. The van der Waals surface area contributed by atoms with Crippen LogP contribution in [-0.2, 0) is 0 Å². The number of nitrogens with zero attached hydrogens (tertiary/aromatic N) is 1. The van der Waals surface area contributed by atoms with Gasteiger partial charge in [-0.15, -0.1) is 6.58 Å². The van der Waals surface area contributed by atoms with E-state index in [4.69, 9.17) is 0 Å². The minimum atomic E-state index is 0.837. The Morgan fingerprint density at radius 1 is 1.78 bits per heavy atom. The fraction of sp³-hybridized carbons (Fsp3) is 0.667. The summed E-state index contributed by atoms with van der Waals surface area (Å²) in [7, 11) is 2.00. The van der Waals surface area contributed by atoms with Crippen LogP contribution >= 0.6 is 11.9 Å². The van der Waals surface area contributed by atoms with Crippen molar-refractivity contribution in [1.82, 2.24) is 9.84 Å². The van der Waals surface area contributed by atoms with E-state index in [1.54, 1.807) is 11.9 Å². The molecule has 0 saturated heterocycles. The third kappa shape index (κ3) is 5.89. The van der Waals surface area contributed by atoms with E-state index in [2.05, 4.69) is 18.9 Å². The van der Waals surface area contributed by atoms with Crippen LogP contribution < -0.4 is 5.43 Å². The Balaban J connectivity index is 3.04. The Kier molecular flexibility index (Phi) is 6.14. The SMILES string of the molecule is C=CCNN(C)SCC. The molecule has 0 atom stereocenters. The zero-order chi connectivity index (χ0) is 7.11. The Hall–Kier alpha value is 0.0100. The van der Waals surface area contributed by atoms with Gasteiger partial charge in [0.25, 0.3) is 0 Å². The van der Waals surface area contributed by atoms with Crippen LogP contribution in [0.25, 0.3) is 0 Å². The maximum absolute atomic E-state index is 3.59. The van der Waals surface area contributed by atoms with Gasteiger partial charge in [-0.2, -0.15) is 4.41 Å². The van der Waals surface area contributed by atoms with Crippen molar-refractivity contribution in [3.8, 4) is 0 Å². The van der Waals surface area contributed by atoms with Gasteiger partial charge in [-0.05, 0) is 0 Å². The first-order valence-electron chi connectivity index (χ1n) is 3.02. The third-order valence-electron chi connectivity index (χ3n) is 0.781. The maximum Gasteiger partial charge on any atom is 0.0289 e. The van der Waals surface area contributed by atoms with Gasteiger partial charge >= 0.3 is 0 Å². The summed E-state index contributed by atoms with van der Waals surface area (Å²) in [5.41, 5.74) is 3.11. The van der Waals surface area contributed by atoms with E-state index in [1.165, 1.54) is 0 Å². The van der Waals surface area contributed by atoms with Crippen molar-refractivity contribution in [3.05, 3.63) is 12.7 Å². The molecule has 0 aliphatic carbocycles. The first-order chi connectivity index (χ1) is 4.31. The Bertz CT molecular complexity index is 75.5. The molecule has 0 heterocycles. The van der Waals surface area contributed by atoms with Crippen LogP contribution in [0.1, 0.15) is 6.92 Å². The minimum Gasteiger partial charge on any atom is -0.242 e. The average Bonchev–Trinajstić information content (AvgIpc) is 1.85. The van der Waals surface area contributed by atoms with Crippen molar-refractivity contribution >= 4 is 11.9 Å². The average molecular weight is 146 g/mol. The quantitative estimate of drug-likeness (QED) is 0.357. The van der Waals surface area contributed by atoms with Gasteiger partial charge in [-0.1, -0.05) is 24.9 Å². The molecule has 0 unspecified atom stereocenters. The fourth-order valence-corrected chi connectivity index (χ4v) is 0.986. The van der Waals surface area contributed by atoms with Gasteiger partial charge in [-0.3, -0.25) is 0 Å². The zero-order valence-electron chi connectivity index (χ0n) is 6.05. The van der Waals surface area contributed by atoms with Gasteiger partial charge < -0.3 is 0 Å². The van der Waals surface area contributed by atoms with E-state index in [0.717, 1.165) is 12.3 Å². The van der Waals surface area contributed by atoms with Gasteiger partial charge in [0.1, 0.15) is 0 Å². The van der Waals surface area contributed by atoms with Crippen LogP contribution in [0, 0.1) is 0 Å². The second kappa shape index (κ2) is 6.13. The molecule has 0 bridgehead atoms. The predicted molar refractivity (Wildman–Crippen MR) is 44.1 cm³/mol. The lowest BCUT2D eigenvalue weighted by molar-refractivity contribution is 0.440. The summed E-state index contributed by atoms with van der Waals surface area (Å²) in [5.74, 6) is 1.10. The van der Waals surface area contributed by atoms with E-state index >= 15 is 0 Å². The van der Waals surface area contributed by atoms with Crippen molar-refractivity contribution in [1.29, 1.82) is 0 Å². The van der Waals surface area contributed by atoms with Crippen LogP contribution in [0.4, 0.5) is 0 Å². The molecule has 0 aromatic heterocycles. The monoisotopic (exact) mass is 146 g/mol. The molecule has 0 radical (unpaired) electrons. The highest BCUT2D eigenvalue weighted by atomic mass is 32.2. The summed E-state index contributed by atoms with van der Waals surface area (Å²) in [6, 6.07) is 0. The molecule has 0 aromatic rings. The van der Waals surface area contributed by atoms with Crippen LogP contribution in [0.15, 0.2) is 12.7 Å². The topological polar surface area (TPSA) is 15.3 Å². The van der Waals surface area contributed by atoms with Crippen LogP contribution in [-0.4, -0.2) is 23.8 Å². The summed E-state index contributed by atoms with van der Waals surface area (Å²) in [5, 5.41) is 0. The zero-order valence-corrected chi connectivity index (χ0v) is 6.87. The lowest BCUT2D eigenvalue weighted by atomic mass is 10.7. The van der Waals surface area contributed by atoms with Crippen molar-refractivity contribution < 1.29 is 0 Å². The number of hydrogen-bond acceptors (Lipinski definition) is 3. The second-order valence-corrected chi connectivity index (χ2v) is 2.95. The van der Waals surface area contributed by atoms with Crippen molar-refractivity contribution in [2.24, 2.45) is 0 Å². The number of hydrogen-bond donors (Lipinski definition) is 1. The molecule has 0 aliphatic heterocycles. The summed E-state index contributed by atoms with van der Waals surface area (Å²) in [6.07, 6.45) is 1.84. The second-order valence-electron chi connectivity index (χ2n) is 1.57. The van der Waals surface area contributed by atoms with Crippen molar-refractivity contribution in [2.45, 2.75) is 6.92 Å².